The Bertz CT molecular complexity index is 537. The zero-order valence-electron chi connectivity index (χ0n) is 8.89. The van der Waals surface area contributed by atoms with Crippen LogP contribution in [0.25, 0.3) is 5.70 Å². The summed E-state index contributed by atoms with van der Waals surface area (Å²) < 4.78 is 0. The predicted octanol–water partition coefficient (Wildman–Crippen LogP) is 0.746. The Morgan fingerprint density at radius 3 is 2.65 bits per heavy atom. The maximum absolute atomic E-state index is 11.5. The van der Waals surface area contributed by atoms with Gasteiger partial charge in [0, 0.05) is 31.0 Å². The Kier molecular flexibility index (Phi) is 3.75. The van der Waals surface area contributed by atoms with Gasteiger partial charge >= 0.3 is 0 Å². The van der Waals surface area contributed by atoms with Gasteiger partial charge in [0.25, 0.3) is 0 Å². The molecule has 0 unspecified atom stereocenters. The Hall–Kier alpha value is -2.01. The molecule has 17 heavy (non-hydrogen) atoms. The number of nitrogens with one attached hydrogen (secondary N) is 1. The molecule has 2 rings (SSSR count). The van der Waals surface area contributed by atoms with Crippen LogP contribution in [0.4, 0.5) is 0 Å². The Labute approximate surface area is 103 Å². The third-order valence-electron chi connectivity index (χ3n) is 2.17. The van der Waals surface area contributed by atoms with Crippen LogP contribution in [-0.2, 0) is 9.59 Å². The fourth-order valence-electron chi connectivity index (χ4n) is 1.51. The molecular formula is C11H9ClN2O3. The van der Waals surface area contributed by atoms with Crippen molar-refractivity contribution in [2.75, 3.05) is 0 Å². The molecule has 1 N–H and O–H groups in total. The zero-order chi connectivity index (χ0) is 11.7. The molecule has 1 amide bonds. The molecule has 0 saturated carbocycles. The van der Waals surface area contributed by atoms with Gasteiger partial charge < -0.3 is 5.32 Å². The number of rotatable bonds is 1. The molecule has 88 valence electrons. The van der Waals surface area contributed by atoms with Gasteiger partial charge in [-0.25, -0.2) is 0 Å². The molecule has 5 nitrogen and oxygen atoms in total. The number of carbonyl (C=O) groups is 3. The highest BCUT2D eigenvalue weighted by atomic mass is 35.5. The number of nitrogens with zero attached hydrogens (tertiary/aromatic N) is 1. The number of fused-ring (bicyclic) bond motifs is 1. The minimum atomic E-state index is -0.649. The highest BCUT2D eigenvalue weighted by molar-refractivity contribution is 6.50. The highest BCUT2D eigenvalue weighted by Crippen LogP contribution is 2.21. The lowest BCUT2D eigenvalue weighted by molar-refractivity contribution is -0.117. The highest BCUT2D eigenvalue weighted by Gasteiger charge is 2.26. The molecule has 1 aromatic heterocycles. The van der Waals surface area contributed by atoms with E-state index in [4.69, 9.17) is 0 Å². The molecule has 0 spiro atoms. The molecule has 0 radical (unpaired) electrons. The smallest absolute Gasteiger partial charge is 0.235 e. The summed E-state index contributed by atoms with van der Waals surface area (Å²) in [6, 6.07) is 1.58. The van der Waals surface area contributed by atoms with E-state index < -0.39 is 11.6 Å². The van der Waals surface area contributed by atoms with Crippen molar-refractivity contribution in [1.29, 1.82) is 0 Å². The van der Waals surface area contributed by atoms with Gasteiger partial charge in [0.15, 0.2) is 0 Å². The molecule has 1 aromatic rings. The van der Waals surface area contributed by atoms with Gasteiger partial charge in [-0.1, -0.05) is 0 Å². The molecule has 0 aliphatic heterocycles. The van der Waals surface area contributed by atoms with Gasteiger partial charge in [-0.3, -0.25) is 19.4 Å². The molecule has 0 bridgehead atoms. The first kappa shape index (κ1) is 13.1. The molecule has 0 fully saturated rings. The number of hydrogen-bond acceptors (Lipinski definition) is 4. The van der Waals surface area contributed by atoms with Crippen LogP contribution in [0, 0.1) is 0 Å². The van der Waals surface area contributed by atoms with E-state index in [1.807, 2.05) is 0 Å². The van der Waals surface area contributed by atoms with Gasteiger partial charge in [-0.15, -0.1) is 12.4 Å². The summed E-state index contributed by atoms with van der Waals surface area (Å²) in [6.07, 6.45) is 3.95. The first-order valence-electron chi connectivity index (χ1n) is 4.62. The standard InChI is InChI=1S/C11H8N2O3.ClH/c1-6(14)13-9-4-10(15)11(16)8-5-12-3-2-7(8)9;/h2-5H,1H3,(H,13,14);1H. The lowest BCUT2D eigenvalue weighted by Gasteiger charge is -2.15. The third-order valence-corrected chi connectivity index (χ3v) is 2.17. The molecule has 1 heterocycles. The molecule has 0 aromatic carbocycles. The summed E-state index contributed by atoms with van der Waals surface area (Å²) in [5, 5.41) is 2.51. The monoisotopic (exact) mass is 252 g/mol. The summed E-state index contributed by atoms with van der Waals surface area (Å²) in [4.78, 5) is 37.6. The SMILES string of the molecule is CC(=O)NC1=CC(=O)C(=O)c2cnccc21.Cl. The average Bonchev–Trinajstić information content (AvgIpc) is 2.25. The van der Waals surface area contributed by atoms with Crippen LogP contribution in [0.1, 0.15) is 22.8 Å². The van der Waals surface area contributed by atoms with E-state index in [-0.39, 0.29) is 23.9 Å². The van der Waals surface area contributed by atoms with Gasteiger partial charge in [-0.2, -0.15) is 0 Å². The van der Waals surface area contributed by atoms with Crippen LogP contribution in [0.3, 0.4) is 0 Å². The van der Waals surface area contributed by atoms with Crippen molar-refractivity contribution in [2.45, 2.75) is 6.92 Å². The second-order valence-corrected chi connectivity index (χ2v) is 3.35. The number of amides is 1. The van der Waals surface area contributed by atoms with E-state index in [1.54, 1.807) is 6.07 Å². The lowest BCUT2D eigenvalue weighted by Crippen LogP contribution is -2.26. The minimum absolute atomic E-state index is 0. The number of hydrogen-bond donors (Lipinski definition) is 1. The van der Waals surface area contributed by atoms with E-state index in [0.717, 1.165) is 6.08 Å². The maximum atomic E-state index is 11.5. The van der Waals surface area contributed by atoms with E-state index in [1.165, 1.54) is 19.3 Å². The normalized spacial score (nSPS) is 13.4. The molecule has 0 atom stereocenters. The van der Waals surface area contributed by atoms with E-state index in [0.29, 0.717) is 11.3 Å². The fourth-order valence-corrected chi connectivity index (χ4v) is 1.51. The van der Waals surface area contributed by atoms with Crippen molar-refractivity contribution in [3.8, 4) is 0 Å². The number of Topliss-reactive ketones (excluding diaryl/α,β-unsaturated/α-hetero) is 1. The van der Waals surface area contributed by atoms with Crippen LogP contribution in [0.2, 0.25) is 0 Å². The van der Waals surface area contributed by atoms with Crippen LogP contribution < -0.4 is 5.32 Å². The minimum Gasteiger partial charge on any atom is -0.326 e. The van der Waals surface area contributed by atoms with Crippen LogP contribution in [0.5, 0.6) is 0 Å². The van der Waals surface area contributed by atoms with Crippen molar-refractivity contribution in [1.82, 2.24) is 10.3 Å². The topological polar surface area (TPSA) is 76.1 Å². The first-order chi connectivity index (χ1) is 7.59. The van der Waals surface area contributed by atoms with E-state index in [9.17, 15) is 14.4 Å². The number of halogens is 1. The molecular weight excluding hydrogens is 244 g/mol. The Balaban J connectivity index is 0.00000144. The van der Waals surface area contributed by atoms with Crippen molar-refractivity contribution in [3.63, 3.8) is 0 Å². The zero-order valence-corrected chi connectivity index (χ0v) is 9.71. The number of allylic oxidation sites excluding steroid dienone is 1. The Morgan fingerprint density at radius 1 is 1.29 bits per heavy atom. The molecule has 1 aliphatic rings. The van der Waals surface area contributed by atoms with Gasteiger partial charge in [0.2, 0.25) is 17.5 Å². The van der Waals surface area contributed by atoms with E-state index in [2.05, 4.69) is 10.3 Å². The van der Waals surface area contributed by atoms with Gasteiger partial charge in [0.1, 0.15) is 0 Å². The number of ketones is 2. The second kappa shape index (κ2) is 4.88. The first-order valence-corrected chi connectivity index (χ1v) is 4.62. The summed E-state index contributed by atoms with van der Waals surface area (Å²) >= 11 is 0. The lowest BCUT2D eigenvalue weighted by atomic mass is 9.94. The van der Waals surface area contributed by atoms with Crippen LogP contribution in [0.15, 0.2) is 24.5 Å². The number of carbonyl (C=O) groups excluding carboxylic acids is 3. The van der Waals surface area contributed by atoms with Crippen LogP contribution in [-0.4, -0.2) is 22.5 Å². The molecule has 1 aliphatic carbocycles. The predicted molar refractivity (Wildman–Crippen MR) is 62.6 cm³/mol. The van der Waals surface area contributed by atoms with Crippen molar-refractivity contribution in [3.05, 3.63) is 35.7 Å². The second-order valence-electron chi connectivity index (χ2n) is 3.35. The molecule has 6 heteroatoms. The number of aromatic nitrogens is 1. The van der Waals surface area contributed by atoms with Crippen LogP contribution >= 0.6 is 12.4 Å². The van der Waals surface area contributed by atoms with Crippen molar-refractivity contribution in [2.24, 2.45) is 0 Å². The molecule has 0 saturated heterocycles. The maximum Gasteiger partial charge on any atom is 0.235 e. The van der Waals surface area contributed by atoms with Gasteiger partial charge in [0.05, 0.1) is 11.3 Å². The average molecular weight is 253 g/mol. The summed E-state index contributed by atoms with van der Waals surface area (Å²) in [5.74, 6) is -1.54. The van der Waals surface area contributed by atoms with Crippen molar-refractivity contribution >= 4 is 35.6 Å². The Morgan fingerprint density at radius 2 is 2.00 bits per heavy atom. The largest absolute Gasteiger partial charge is 0.326 e. The quantitative estimate of drug-likeness (QED) is 0.748. The summed E-state index contributed by atoms with van der Waals surface area (Å²) in [7, 11) is 0. The third kappa shape index (κ3) is 2.39. The summed E-state index contributed by atoms with van der Waals surface area (Å²) in [5.41, 5.74) is 1.09. The fraction of sp³-hybridized carbons (Fsp3) is 0.0909. The number of pyridine rings is 1. The van der Waals surface area contributed by atoms with Crippen molar-refractivity contribution < 1.29 is 14.4 Å². The van der Waals surface area contributed by atoms with E-state index >= 15 is 0 Å². The van der Waals surface area contributed by atoms with Gasteiger partial charge in [-0.05, 0) is 6.07 Å². The summed E-state index contributed by atoms with van der Waals surface area (Å²) in [6.45, 7) is 1.34.